The van der Waals surface area contributed by atoms with Gasteiger partial charge in [0.2, 0.25) is 0 Å². The van der Waals surface area contributed by atoms with E-state index in [1.807, 2.05) is 6.26 Å². The SMILES string of the molecule is CSCC[C@@H](NS(=O)(=O)c1cnc(C)[nH]1)C(=O)O. The fourth-order valence-corrected chi connectivity index (χ4v) is 2.92. The Morgan fingerprint density at radius 3 is 2.78 bits per heavy atom. The van der Waals surface area contributed by atoms with E-state index in [1.165, 1.54) is 11.8 Å². The van der Waals surface area contributed by atoms with Gasteiger partial charge in [0.25, 0.3) is 10.0 Å². The number of aliphatic carboxylic acids is 1. The van der Waals surface area contributed by atoms with E-state index in [-0.39, 0.29) is 11.4 Å². The van der Waals surface area contributed by atoms with Crippen LogP contribution in [0.3, 0.4) is 0 Å². The lowest BCUT2D eigenvalue weighted by Gasteiger charge is -2.13. The summed E-state index contributed by atoms with van der Waals surface area (Å²) in [7, 11) is -3.87. The molecule has 0 saturated heterocycles. The standard InChI is InChI=1S/C9H15N3O4S2/c1-6-10-5-8(11-6)18(15,16)12-7(9(13)14)3-4-17-2/h5,7,12H,3-4H2,1-2H3,(H,10,11)(H,13,14)/t7-/m1/s1. The minimum atomic E-state index is -3.87. The van der Waals surface area contributed by atoms with Gasteiger partial charge in [0.15, 0.2) is 5.03 Å². The van der Waals surface area contributed by atoms with Crippen molar-refractivity contribution in [1.82, 2.24) is 14.7 Å². The zero-order chi connectivity index (χ0) is 13.8. The van der Waals surface area contributed by atoms with E-state index in [2.05, 4.69) is 14.7 Å². The molecule has 0 amide bonds. The summed E-state index contributed by atoms with van der Waals surface area (Å²) in [5, 5.41) is 8.82. The van der Waals surface area contributed by atoms with Gasteiger partial charge in [-0.05, 0) is 25.4 Å². The third kappa shape index (κ3) is 4.00. The third-order valence-corrected chi connectivity index (χ3v) is 4.20. The molecule has 1 rings (SSSR count). The molecule has 0 fully saturated rings. The quantitative estimate of drug-likeness (QED) is 0.662. The second kappa shape index (κ2) is 6.21. The van der Waals surface area contributed by atoms with Crippen molar-refractivity contribution in [3.05, 3.63) is 12.0 Å². The number of nitrogens with zero attached hydrogens (tertiary/aromatic N) is 1. The van der Waals surface area contributed by atoms with E-state index in [0.29, 0.717) is 11.6 Å². The van der Waals surface area contributed by atoms with E-state index >= 15 is 0 Å². The second-order valence-electron chi connectivity index (χ2n) is 3.63. The molecule has 1 aromatic heterocycles. The number of imidazole rings is 1. The molecule has 0 aliphatic carbocycles. The maximum Gasteiger partial charge on any atom is 0.321 e. The van der Waals surface area contributed by atoms with Crippen LogP contribution in [0.25, 0.3) is 0 Å². The highest BCUT2D eigenvalue weighted by Crippen LogP contribution is 2.08. The Bertz CT molecular complexity index is 512. The first-order valence-electron chi connectivity index (χ1n) is 5.12. The average molecular weight is 293 g/mol. The van der Waals surface area contributed by atoms with Crippen molar-refractivity contribution >= 4 is 27.8 Å². The van der Waals surface area contributed by atoms with Gasteiger partial charge < -0.3 is 10.1 Å². The fourth-order valence-electron chi connectivity index (χ4n) is 1.25. The molecule has 0 unspecified atom stereocenters. The topological polar surface area (TPSA) is 112 Å². The first kappa shape index (κ1) is 15.0. The summed E-state index contributed by atoms with van der Waals surface area (Å²) in [5.41, 5.74) is 0. The van der Waals surface area contributed by atoms with Crippen LogP contribution < -0.4 is 4.72 Å². The van der Waals surface area contributed by atoms with Crippen molar-refractivity contribution in [3.8, 4) is 0 Å². The number of carboxylic acids is 1. The number of hydrogen-bond donors (Lipinski definition) is 3. The number of carboxylic acid groups (broad SMARTS) is 1. The lowest BCUT2D eigenvalue weighted by molar-refractivity contribution is -0.139. The number of aryl methyl sites for hydroxylation is 1. The smallest absolute Gasteiger partial charge is 0.321 e. The maximum atomic E-state index is 11.9. The van der Waals surface area contributed by atoms with Crippen LogP contribution in [0, 0.1) is 6.92 Å². The van der Waals surface area contributed by atoms with E-state index < -0.39 is 22.0 Å². The van der Waals surface area contributed by atoms with Crippen molar-refractivity contribution in [2.45, 2.75) is 24.4 Å². The molecule has 9 heteroatoms. The molecule has 0 aromatic carbocycles. The van der Waals surface area contributed by atoms with Crippen LogP contribution >= 0.6 is 11.8 Å². The van der Waals surface area contributed by atoms with Crippen LogP contribution in [0.5, 0.6) is 0 Å². The highest BCUT2D eigenvalue weighted by molar-refractivity contribution is 7.98. The highest BCUT2D eigenvalue weighted by atomic mass is 32.2. The molecule has 18 heavy (non-hydrogen) atoms. The van der Waals surface area contributed by atoms with Gasteiger partial charge in [-0.1, -0.05) is 0 Å². The van der Waals surface area contributed by atoms with Gasteiger partial charge in [-0.25, -0.2) is 13.4 Å². The number of nitrogens with one attached hydrogen (secondary N) is 2. The number of carbonyl (C=O) groups is 1. The van der Waals surface area contributed by atoms with Crippen LogP contribution in [-0.2, 0) is 14.8 Å². The summed E-state index contributed by atoms with van der Waals surface area (Å²) in [5.74, 6) is -0.183. The van der Waals surface area contributed by atoms with Crippen LogP contribution in [0.2, 0.25) is 0 Å². The van der Waals surface area contributed by atoms with Gasteiger partial charge in [-0.15, -0.1) is 0 Å². The summed E-state index contributed by atoms with van der Waals surface area (Å²) >= 11 is 1.45. The maximum absolute atomic E-state index is 11.9. The second-order valence-corrected chi connectivity index (χ2v) is 6.29. The normalized spacial score (nSPS) is 13.4. The molecule has 102 valence electrons. The summed E-state index contributed by atoms with van der Waals surface area (Å²) in [4.78, 5) is 17.3. The van der Waals surface area contributed by atoms with Gasteiger partial charge >= 0.3 is 5.97 Å². The summed E-state index contributed by atoms with van der Waals surface area (Å²) in [6, 6.07) is -1.13. The predicted molar refractivity (Wildman–Crippen MR) is 68.1 cm³/mol. The van der Waals surface area contributed by atoms with Crippen molar-refractivity contribution in [2.75, 3.05) is 12.0 Å². The zero-order valence-electron chi connectivity index (χ0n) is 10.0. The first-order valence-corrected chi connectivity index (χ1v) is 8.00. The number of aromatic nitrogens is 2. The predicted octanol–water partition coefficient (Wildman–Crippen LogP) is 0.203. The van der Waals surface area contributed by atoms with Crippen molar-refractivity contribution in [1.29, 1.82) is 0 Å². The number of hydrogen-bond acceptors (Lipinski definition) is 5. The third-order valence-electron chi connectivity index (χ3n) is 2.18. The zero-order valence-corrected chi connectivity index (χ0v) is 11.6. The highest BCUT2D eigenvalue weighted by Gasteiger charge is 2.26. The van der Waals surface area contributed by atoms with E-state index in [9.17, 15) is 13.2 Å². The van der Waals surface area contributed by atoms with Crippen LogP contribution in [-0.4, -0.2) is 47.5 Å². The molecule has 0 aliphatic heterocycles. The molecule has 3 N–H and O–H groups in total. The first-order chi connectivity index (χ1) is 8.36. The molecule has 1 aromatic rings. The molecule has 0 spiro atoms. The Hall–Kier alpha value is -1.06. The molecular weight excluding hydrogens is 278 g/mol. The van der Waals surface area contributed by atoms with E-state index in [4.69, 9.17) is 5.11 Å². The Labute approximate surface area is 109 Å². The van der Waals surface area contributed by atoms with Crippen LogP contribution in [0.4, 0.5) is 0 Å². The van der Waals surface area contributed by atoms with Crippen LogP contribution in [0.1, 0.15) is 12.2 Å². The lowest BCUT2D eigenvalue weighted by Crippen LogP contribution is -2.41. The van der Waals surface area contributed by atoms with Gasteiger partial charge in [-0.3, -0.25) is 4.79 Å². The Morgan fingerprint density at radius 2 is 2.33 bits per heavy atom. The van der Waals surface area contributed by atoms with Crippen molar-refractivity contribution < 1.29 is 18.3 Å². The summed E-state index contributed by atoms with van der Waals surface area (Å²) < 4.78 is 25.9. The molecule has 1 heterocycles. The lowest BCUT2D eigenvalue weighted by atomic mass is 10.2. The number of sulfonamides is 1. The number of H-pyrrole nitrogens is 1. The van der Waals surface area contributed by atoms with Crippen molar-refractivity contribution in [2.24, 2.45) is 0 Å². The molecule has 0 bridgehead atoms. The van der Waals surface area contributed by atoms with Gasteiger partial charge in [-0.2, -0.15) is 16.5 Å². The minimum absolute atomic E-state index is 0.129. The molecule has 7 nitrogen and oxygen atoms in total. The summed E-state index contributed by atoms with van der Waals surface area (Å²) in [6.45, 7) is 1.61. The molecule has 0 aliphatic rings. The largest absolute Gasteiger partial charge is 0.480 e. The number of rotatable bonds is 7. The fraction of sp³-hybridized carbons (Fsp3) is 0.556. The minimum Gasteiger partial charge on any atom is -0.480 e. The monoisotopic (exact) mass is 293 g/mol. The van der Waals surface area contributed by atoms with Crippen LogP contribution in [0.15, 0.2) is 11.2 Å². The van der Waals surface area contributed by atoms with Gasteiger partial charge in [0.1, 0.15) is 11.9 Å². The van der Waals surface area contributed by atoms with E-state index in [1.54, 1.807) is 6.92 Å². The van der Waals surface area contributed by atoms with Gasteiger partial charge in [0.05, 0.1) is 6.20 Å². The molecule has 0 saturated carbocycles. The summed E-state index contributed by atoms with van der Waals surface area (Å²) in [6.07, 6.45) is 3.21. The Balaban J connectivity index is 2.82. The number of aromatic amines is 1. The molecule has 0 radical (unpaired) electrons. The Morgan fingerprint density at radius 1 is 1.67 bits per heavy atom. The van der Waals surface area contributed by atoms with Crippen molar-refractivity contribution in [3.63, 3.8) is 0 Å². The Kier molecular flexibility index (Phi) is 5.17. The molecule has 1 atom stereocenters. The van der Waals surface area contributed by atoms with E-state index in [0.717, 1.165) is 6.20 Å². The van der Waals surface area contributed by atoms with Gasteiger partial charge in [0, 0.05) is 0 Å². The molecular formula is C9H15N3O4S2. The number of thioether (sulfide) groups is 1. The average Bonchev–Trinajstić information content (AvgIpc) is 2.71.